The van der Waals surface area contributed by atoms with E-state index in [1.54, 1.807) is 6.92 Å². The van der Waals surface area contributed by atoms with E-state index in [4.69, 9.17) is 0 Å². The third-order valence-corrected chi connectivity index (χ3v) is 5.42. The summed E-state index contributed by atoms with van der Waals surface area (Å²) in [7, 11) is -3.93. The van der Waals surface area contributed by atoms with Crippen LogP contribution in [0.5, 0.6) is 0 Å². The lowest BCUT2D eigenvalue weighted by Crippen LogP contribution is -2.42. The molecule has 1 fully saturated rings. The zero-order chi connectivity index (χ0) is 14.9. The van der Waals surface area contributed by atoms with E-state index in [1.165, 1.54) is 4.31 Å². The lowest BCUT2D eigenvalue weighted by Gasteiger charge is -2.33. The second-order valence-electron chi connectivity index (χ2n) is 5.11. The Morgan fingerprint density at radius 2 is 1.90 bits per heavy atom. The first-order chi connectivity index (χ1) is 9.30. The average Bonchev–Trinajstić information content (AvgIpc) is 2.37. The molecular weight excluding hydrogens is 288 g/mol. The Balaban J connectivity index is 2.30. The second kappa shape index (κ2) is 5.75. The molecule has 112 valence electrons. The highest BCUT2D eigenvalue weighted by Crippen LogP contribution is 2.26. The van der Waals surface area contributed by atoms with Gasteiger partial charge in [-0.1, -0.05) is 0 Å². The SMILES string of the molecule is C[C@@H](O)[C@H]1CCCN(S(=O)(=O)c2cc(F)cc(F)c2)C1. The van der Waals surface area contributed by atoms with Crippen molar-refractivity contribution in [3.05, 3.63) is 29.8 Å². The number of sulfonamides is 1. The van der Waals surface area contributed by atoms with Crippen LogP contribution >= 0.6 is 0 Å². The van der Waals surface area contributed by atoms with Crippen molar-refractivity contribution in [3.63, 3.8) is 0 Å². The van der Waals surface area contributed by atoms with Crippen molar-refractivity contribution < 1.29 is 22.3 Å². The van der Waals surface area contributed by atoms with E-state index in [2.05, 4.69) is 0 Å². The number of nitrogens with zero attached hydrogens (tertiary/aromatic N) is 1. The van der Waals surface area contributed by atoms with E-state index < -0.39 is 27.8 Å². The Bertz CT molecular complexity index is 569. The van der Waals surface area contributed by atoms with Crippen LogP contribution in [0.4, 0.5) is 8.78 Å². The van der Waals surface area contributed by atoms with Crippen LogP contribution in [-0.4, -0.2) is 37.0 Å². The number of aliphatic hydroxyl groups is 1. The van der Waals surface area contributed by atoms with Crippen molar-refractivity contribution in [3.8, 4) is 0 Å². The van der Waals surface area contributed by atoms with Crippen LogP contribution in [-0.2, 0) is 10.0 Å². The van der Waals surface area contributed by atoms with E-state index in [0.717, 1.165) is 18.6 Å². The molecule has 1 aliphatic heterocycles. The zero-order valence-electron chi connectivity index (χ0n) is 11.1. The number of halogens is 2. The Morgan fingerprint density at radius 1 is 1.30 bits per heavy atom. The smallest absolute Gasteiger partial charge is 0.243 e. The highest BCUT2D eigenvalue weighted by atomic mass is 32.2. The summed E-state index contributed by atoms with van der Waals surface area (Å²) in [5.74, 6) is -2.00. The van der Waals surface area contributed by atoms with Crippen LogP contribution in [0.25, 0.3) is 0 Å². The van der Waals surface area contributed by atoms with Crippen LogP contribution in [0, 0.1) is 17.6 Å². The third kappa shape index (κ3) is 3.16. The van der Waals surface area contributed by atoms with Crippen LogP contribution in [0.2, 0.25) is 0 Å². The quantitative estimate of drug-likeness (QED) is 0.925. The van der Waals surface area contributed by atoms with Gasteiger partial charge in [0.15, 0.2) is 0 Å². The molecule has 0 saturated carbocycles. The van der Waals surface area contributed by atoms with Crippen LogP contribution in [0.3, 0.4) is 0 Å². The van der Waals surface area contributed by atoms with Gasteiger partial charge in [0.1, 0.15) is 11.6 Å². The van der Waals surface area contributed by atoms with Crippen LogP contribution in [0.15, 0.2) is 23.1 Å². The molecule has 0 unspecified atom stereocenters. The van der Waals surface area contributed by atoms with Gasteiger partial charge in [-0.2, -0.15) is 4.31 Å². The monoisotopic (exact) mass is 305 g/mol. The molecule has 0 radical (unpaired) electrons. The summed E-state index contributed by atoms with van der Waals surface area (Å²) < 4.78 is 52.3. The molecule has 1 saturated heterocycles. The summed E-state index contributed by atoms with van der Waals surface area (Å²) in [6.45, 7) is 2.07. The molecule has 1 N–H and O–H groups in total. The van der Waals surface area contributed by atoms with Gasteiger partial charge in [0.05, 0.1) is 11.0 Å². The maximum absolute atomic E-state index is 13.2. The number of aliphatic hydroxyl groups excluding tert-OH is 1. The lowest BCUT2D eigenvalue weighted by atomic mass is 9.95. The number of hydrogen-bond donors (Lipinski definition) is 1. The Labute approximate surface area is 117 Å². The summed E-state index contributed by atoms with van der Waals surface area (Å²) in [4.78, 5) is -0.388. The summed E-state index contributed by atoms with van der Waals surface area (Å²) >= 11 is 0. The molecule has 7 heteroatoms. The zero-order valence-corrected chi connectivity index (χ0v) is 11.9. The fourth-order valence-electron chi connectivity index (χ4n) is 2.41. The van der Waals surface area contributed by atoms with E-state index >= 15 is 0 Å². The number of piperidine rings is 1. The highest BCUT2D eigenvalue weighted by molar-refractivity contribution is 7.89. The molecule has 0 spiro atoms. The summed E-state index contributed by atoms with van der Waals surface area (Å²) in [6.07, 6.45) is 0.741. The Kier molecular flexibility index (Phi) is 4.41. The molecule has 0 aromatic heterocycles. The first-order valence-electron chi connectivity index (χ1n) is 6.45. The summed E-state index contributed by atoms with van der Waals surface area (Å²) in [5.41, 5.74) is 0. The summed E-state index contributed by atoms with van der Waals surface area (Å²) in [6, 6.07) is 2.25. The molecule has 1 aromatic rings. The Hall–Kier alpha value is -1.05. The fraction of sp³-hybridized carbons (Fsp3) is 0.538. The molecule has 1 aliphatic rings. The molecular formula is C13H17F2NO3S. The maximum Gasteiger partial charge on any atom is 0.243 e. The van der Waals surface area contributed by atoms with Crippen LogP contribution < -0.4 is 0 Å². The van der Waals surface area contributed by atoms with Crippen molar-refractivity contribution in [2.45, 2.75) is 30.8 Å². The maximum atomic E-state index is 13.2. The van der Waals surface area contributed by atoms with E-state index in [0.29, 0.717) is 19.0 Å². The van der Waals surface area contributed by atoms with Crippen molar-refractivity contribution in [2.75, 3.05) is 13.1 Å². The predicted molar refractivity (Wildman–Crippen MR) is 69.5 cm³/mol. The molecule has 1 heterocycles. The molecule has 0 bridgehead atoms. The number of rotatable bonds is 3. The largest absolute Gasteiger partial charge is 0.393 e. The average molecular weight is 305 g/mol. The normalized spacial score (nSPS) is 22.7. The van der Waals surface area contributed by atoms with Gasteiger partial charge in [0.25, 0.3) is 0 Å². The highest BCUT2D eigenvalue weighted by Gasteiger charge is 2.32. The molecule has 20 heavy (non-hydrogen) atoms. The minimum atomic E-state index is -3.93. The number of benzene rings is 1. The molecule has 1 aromatic carbocycles. The molecule has 2 atom stereocenters. The van der Waals surface area contributed by atoms with Gasteiger partial charge < -0.3 is 5.11 Å². The van der Waals surface area contributed by atoms with Gasteiger partial charge >= 0.3 is 0 Å². The molecule has 0 aliphatic carbocycles. The van der Waals surface area contributed by atoms with Gasteiger partial charge in [-0.15, -0.1) is 0 Å². The van der Waals surface area contributed by atoms with Crippen molar-refractivity contribution in [1.82, 2.24) is 4.31 Å². The van der Waals surface area contributed by atoms with Crippen LogP contribution in [0.1, 0.15) is 19.8 Å². The molecule has 4 nitrogen and oxygen atoms in total. The van der Waals surface area contributed by atoms with Gasteiger partial charge in [-0.05, 0) is 37.8 Å². The number of hydrogen-bond acceptors (Lipinski definition) is 3. The third-order valence-electron chi connectivity index (χ3n) is 3.58. The first kappa shape index (κ1) is 15.3. The van der Waals surface area contributed by atoms with Gasteiger partial charge in [-0.25, -0.2) is 17.2 Å². The predicted octanol–water partition coefficient (Wildman–Crippen LogP) is 1.75. The standard InChI is InChI=1S/C13H17F2NO3S/c1-9(17)10-3-2-4-16(8-10)20(18,19)13-6-11(14)5-12(15)7-13/h5-7,9-10,17H,2-4,8H2,1H3/t9-,10+/m1/s1. The van der Waals surface area contributed by atoms with Gasteiger partial charge in [0, 0.05) is 19.2 Å². The first-order valence-corrected chi connectivity index (χ1v) is 7.89. The van der Waals surface area contributed by atoms with Crippen molar-refractivity contribution >= 4 is 10.0 Å². The van der Waals surface area contributed by atoms with Gasteiger partial charge in [0.2, 0.25) is 10.0 Å². The summed E-state index contributed by atoms with van der Waals surface area (Å²) in [5, 5.41) is 9.58. The van der Waals surface area contributed by atoms with Crippen molar-refractivity contribution in [1.29, 1.82) is 0 Å². The molecule has 0 amide bonds. The second-order valence-corrected chi connectivity index (χ2v) is 7.05. The Morgan fingerprint density at radius 3 is 2.45 bits per heavy atom. The molecule has 2 rings (SSSR count). The van der Waals surface area contributed by atoms with Crippen molar-refractivity contribution in [2.24, 2.45) is 5.92 Å². The van der Waals surface area contributed by atoms with E-state index in [9.17, 15) is 22.3 Å². The van der Waals surface area contributed by atoms with E-state index in [-0.39, 0.29) is 17.4 Å². The van der Waals surface area contributed by atoms with Gasteiger partial charge in [-0.3, -0.25) is 0 Å². The fourth-order valence-corrected chi connectivity index (χ4v) is 3.99. The topological polar surface area (TPSA) is 57.6 Å². The minimum absolute atomic E-state index is 0.156. The van der Waals surface area contributed by atoms with E-state index in [1.807, 2.05) is 0 Å². The lowest BCUT2D eigenvalue weighted by molar-refractivity contribution is 0.0885. The minimum Gasteiger partial charge on any atom is -0.393 e.